The molecule has 3 N–H and O–H groups in total. The van der Waals surface area contributed by atoms with E-state index < -0.39 is 33.1 Å². The molecule has 2 aromatic rings. The fourth-order valence-corrected chi connectivity index (χ4v) is 5.27. The average Bonchev–Trinajstić information content (AvgIpc) is 3.39. The molecule has 3 amide bonds. The minimum Gasteiger partial charge on any atom is -0.441 e. The Hall–Kier alpha value is -3.25. The number of rotatable bonds is 4. The number of hydrogen-bond acceptors (Lipinski definition) is 8. The first-order chi connectivity index (χ1) is 15.0. The van der Waals surface area contributed by atoms with Crippen molar-refractivity contribution in [2.75, 3.05) is 5.32 Å². The lowest BCUT2D eigenvalue weighted by atomic mass is 9.94. The standard InChI is InChI=1S/C20H21N5O5S2/c1-20(2,3)15-10-21-16(30-15)7-5-12-9-22-19(31-12)24-18(27)23-11-4-6-13-14(8-11)32(28,29)25-17(13)26/h4-10,13-14H,1-3H3,(H,25,26)(H2,22,23,24,27)/b7-5+. The quantitative estimate of drug-likeness (QED) is 0.617. The molecule has 10 nitrogen and oxygen atoms in total. The Kier molecular flexibility index (Phi) is 5.51. The van der Waals surface area contributed by atoms with Gasteiger partial charge in [-0.1, -0.05) is 38.2 Å². The first kappa shape index (κ1) is 22.0. The number of thiazole rings is 1. The number of urea groups is 1. The van der Waals surface area contributed by atoms with Crippen LogP contribution in [0.5, 0.6) is 0 Å². The zero-order chi connectivity index (χ0) is 23.1. The number of anilines is 1. The molecule has 2 aromatic heterocycles. The van der Waals surface area contributed by atoms with E-state index >= 15 is 0 Å². The summed E-state index contributed by atoms with van der Waals surface area (Å²) >= 11 is 1.24. The Bertz CT molecular complexity index is 1260. The van der Waals surface area contributed by atoms with Crippen LogP contribution in [0.25, 0.3) is 12.2 Å². The molecule has 32 heavy (non-hydrogen) atoms. The van der Waals surface area contributed by atoms with Gasteiger partial charge in [0.2, 0.25) is 21.8 Å². The van der Waals surface area contributed by atoms with Crippen LogP contribution in [-0.4, -0.2) is 35.6 Å². The lowest BCUT2D eigenvalue weighted by Gasteiger charge is -2.15. The van der Waals surface area contributed by atoms with Gasteiger partial charge in [-0.25, -0.2) is 23.2 Å². The fourth-order valence-electron chi connectivity index (χ4n) is 3.08. The Morgan fingerprint density at radius 2 is 2.00 bits per heavy atom. The molecule has 0 radical (unpaired) electrons. The van der Waals surface area contributed by atoms with Gasteiger partial charge in [-0.3, -0.25) is 14.8 Å². The second-order valence-electron chi connectivity index (χ2n) is 8.28. The molecule has 1 fully saturated rings. The number of carbonyl (C=O) groups excluding carboxylic acids is 2. The van der Waals surface area contributed by atoms with Gasteiger partial charge in [0.25, 0.3) is 0 Å². The van der Waals surface area contributed by atoms with E-state index in [9.17, 15) is 18.0 Å². The molecule has 4 rings (SSSR count). The van der Waals surface area contributed by atoms with E-state index in [1.165, 1.54) is 29.6 Å². The molecule has 0 aromatic carbocycles. The highest BCUT2D eigenvalue weighted by Gasteiger charge is 2.45. The smallest absolute Gasteiger partial charge is 0.325 e. The van der Waals surface area contributed by atoms with Crippen LogP contribution in [0.2, 0.25) is 0 Å². The Morgan fingerprint density at radius 1 is 1.22 bits per heavy atom. The van der Waals surface area contributed by atoms with Crippen molar-refractivity contribution in [2.45, 2.75) is 31.4 Å². The summed E-state index contributed by atoms with van der Waals surface area (Å²) in [4.78, 5) is 33.1. The van der Waals surface area contributed by atoms with Crippen LogP contribution in [0, 0.1) is 5.92 Å². The van der Waals surface area contributed by atoms with E-state index in [0.717, 1.165) is 10.6 Å². The summed E-state index contributed by atoms with van der Waals surface area (Å²) in [6, 6.07) is -0.582. The Labute approximate surface area is 188 Å². The Balaban J connectivity index is 1.36. The molecule has 2 atom stereocenters. The molecule has 1 aliphatic carbocycles. The normalized spacial score (nSPS) is 21.8. The molecule has 168 valence electrons. The molecule has 0 spiro atoms. The highest BCUT2D eigenvalue weighted by Crippen LogP contribution is 2.28. The van der Waals surface area contributed by atoms with Crippen LogP contribution >= 0.6 is 11.3 Å². The van der Waals surface area contributed by atoms with Gasteiger partial charge in [-0.15, -0.1) is 0 Å². The number of fused-ring (bicyclic) bond motifs is 1. The largest absolute Gasteiger partial charge is 0.441 e. The van der Waals surface area contributed by atoms with E-state index in [-0.39, 0.29) is 11.1 Å². The van der Waals surface area contributed by atoms with E-state index in [0.29, 0.717) is 11.0 Å². The summed E-state index contributed by atoms with van der Waals surface area (Å²) in [5, 5.41) is 4.47. The molecular formula is C20H21N5O5S2. The van der Waals surface area contributed by atoms with Crippen LogP contribution in [0.4, 0.5) is 9.93 Å². The van der Waals surface area contributed by atoms with Crippen molar-refractivity contribution in [2.24, 2.45) is 5.92 Å². The highest BCUT2D eigenvalue weighted by atomic mass is 32.2. The van der Waals surface area contributed by atoms with Crippen LogP contribution in [-0.2, 0) is 20.2 Å². The average molecular weight is 476 g/mol. The minimum absolute atomic E-state index is 0.133. The third-order valence-corrected chi connectivity index (χ3v) is 7.25. The number of nitrogens with one attached hydrogen (secondary N) is 3. The van der Waals surface area contributed by atoms with Gasteiger partial charge in [-0.2, -0.15) is 0 Å². The molecular weight excluding hydrogens is 454 g/mol. The molecule has 12 heteroatoms. The topological polar surface area (TPSA) is 143 Å². The number of carbonyl (C=O) groups is 2. The van der Waals surface area contributed by atoms with Gasteiger partial charge in [0.15, 0.2) is 5.13 Å². The lowest BCUT2D eigenvalue weighted by Crippen LogP contribution is -2.31. The molecule has 0 bridgehead atoms. The van der Waals surface area contributed by atoms with E-state index in [1.54, 1.807) is 24.5 Å². The molecule has 2 unspecified atom stereocenters. The number of nitrogens with zero attached hydrogens (tertiary/aromatic N) is 2. The maximum atomic E-state index is 12.3. The number of sulfonamides is 1. The maximum Gasteiger partial charge on any atom is 0.325 e. The summed E-state index contributed by atoms with van der Waals surface area (Å²) < 4.78 is 31.6. The number of aromatic nitrogens is 2. The van der Waals surface area contributed by atoms with Gasteiger partial charge >= 0.3 is 6.03 Å². The third kappa shape index (κ3) is 4.65. The lowest BCUT2D eigenvalue weighted by molar-refractivity contribution is -0.120. The van der Waals surface area contributed by atoms with Gasteiger partial charge in [0, 0.05) is 28.3 Å². The van der Waals surface area contributed by atoms with Crippen molar-refractivity contribution in [3.8, 4) is 0 Å². The van der Waals surface area contributed by atoms with Gasteiger partial charge < -0.3 is 9.73 Å². The summed E-state index contributed by atoms with van der Waals surface area (Å²) in [5.74, 6) is -0.109. The summed E-state index contributed by atoms with van der Waals surface area (Å²) in [5.41, 5.74) is 0.144. The van der Waals surface area contributed by atoms with Gasteiger partial charge in [-0.05, 0) is 18.2 Å². The zero-order valence-corrected chi connectivity index (χ0v) is 19.1. The number of allylic oxidation sites excluding steroid dienone is 1. The SMILES string of the molecule is CC(C)(C)c1cnc(/C=C/c2cnc(NC(=O)NC3=CC4C(C=C3)C(=O)NS4(=O)=O)s2)o1. The second kappa shape index (κ2) is 8.02. The van der Waals surface area contributed by atoms with E-state index in [4.69, 9.17) is 4.42 Å². The predicted octanol–water partition coefficient (Wildman–Crippen LogP) is 2.62. The first-order valence-corrected chi connectivity index (χ1v) is 12.0. The molecule has 2 aliphatic rings. The second-order valence-corrected chi connectivity index (χ2v) is 11.2. The number of amides is 3. The summed E-state index contributed by atoms with van der Waals surface area (Å²) in [7, 11) is -3.79. The van der Waals surface area contributed by atoms with Crippen LogP contribution in [0.1, 0.15) is 37.3 Å². The Morgan fingerprint density at radius 3 is 2.72 bits per heavy atom. The van der Waals surface area contributed by atoms with Crippen molar-refractivity contribution in [1.82, 2.24) is 20.0 Å². The van der Waals surface area contributed by atoms with Crippen LogP contribution < -0.4 is 15.4 Å². The van der Waals surface area contributed by atoms with Gasteiger partial charge in [0.1, 0.15) is 11.0 Å². The molecule has 0 saturated carbocycles. The van der Waals surface area contributed by atoms with Crippen LogP contribution in [0.3, 0.4) is 0 Å². The fraction of sp³-hybridized carbons (Fsp3) is 0.300. The minimum atomic E-state index is -3.79. The van der Waals surface area contributed by atoms with Crippen molar-refractivity contribution in [1.29, 1.82) is 0 Å². The summed E-state index contributed by atoms with van der Waals surface area (Å²) in [6.07, 6.45) is 11.1. The molecule has 1 aliphatic heterocycles. The first-order valence-electron chi connectivity index (χ1n) is 9.65. The summed E-state index contributed by atoms with van der Waals surface area (Å²) in [6.45, 7) is 6.11. The van der Waals surface area contributed by atoms with Gasteiger partial charge in [0.05, 0.1) is 12.1 Å². The monoisotopic (exact) mass is 475 g/mol. The molecule has 1 saturated heterocycles. The third-order valence-electron chi connectivity index (χ3n) is 4.74. The highest BCUT2D eigenvalue weighted by molar-refractivity contribution is 7.91. The van der Waals surface area contributed by atoms with Crippen LogP contribution in [0.15, 0.2) is 40.7 Å². The number of hydrogen-bond donors (Lipinski definition) is 3. The maximum absolute atomic E-state index is 12.3. The van der Waals surface area contributed by atoms with Crippen molar-refractivity contribution in [3.63, 3.8) is 0 Å². The predicted molar refractivity (Wildman–Crippen MR) is 120 cm³/mol. The van der Waals surface area contributed by atoms with E-state index in [2.05, 4.69) is 20.6 Å². The number of oxazole rings is 1. The van der Waals surface area contributed by atoms with Crippen molar-refractivity contribution in [3.05, 3.63) is 52.8 Å². The zero-order valence-electron chi connectivity index (χ0n) is 17.4. The van der Waals surface area contributed by atoms with Crippen molar-refractivity contribution < 1.29 is 22.4 Å². The van der Waals surface area contributed by atoms with Crippen molar-refractivity contribution >= 4 is 50.6 Å². The molecule has 3 heterocycles. The van der Waals surface area contributed by atoms with E-state index in [1.807, 2.05) is 25.5 Å².